The van der Waals surface area contributed by atoms with Gasteiger partial charge in [0.2, 0.25) is 5.91 Å². The Balaban J connectivity index is 2.54. The number of pyridine rings is 1. The van der Waals surface area contributed by atoms with E-state index in [1.165, 1.54) is 0 Å². The zero-order chi connectivity index (χ0) is 13.5. The van der Waals surface area contributed by atoms with E-state index < -0.39 is 5.97 Å². The molecule has 0 fully saturated rings. The Morgan fingerprint density at radius 3 is 2.44 bits per heavy atom. The maximum absolute atomic E-state index is 11.8. The minimum Gasteiger partial charge on any atom is -0.481 e. The Bertz CT molecular complexity index is 404. The van der Waals surface area contributed by atoms with E-state index in [1.807, 2.05) is 13.8 Å². The molecule has 18 heavy (non-hydrogen) atoms. The number of hydrogen-bond donors (Lipinski definition) is 2. The SMILES string of the molecule is CC(C)C(CC(=O)O)NC(=O)Cc1ccncc1. The Morgan fingerprint density at radius 1 is 1.33 bits per heavy atom. The van der Waals surface area contributed by atoms with Crippen molar-refractivity contribution in [2.75, 3.05) is 0 Å². The van der Waals surface area contributed by atoms with Crippen LogP contribution in [0.15, 0.2) is 24.5 Å². The summed E-state index contributed by atoms with van der Waals surface area (Å²) in [5.41, 5.74) is 0.861. The average Bonchev–Trinajstić information content (AvgIpc) is 2.28. The van der Waals surface area contributed by atoms with Crippen LogP contribution in [0.4, 0.5) is 0 Å². The first-order valence-corrected chi connectivity index (χ1v) is 5.89. The van der Waals surface area contributed by atoms with Crippen LogP contribution in [0.1, 0.15) is 25.8 Å². The predicted molar refractivity (Wildman–Crippen MR) is 67.0 cm³/mol. The summed E-state index contributed by atoms with van der Waals surface area (Å²) in [7, 11) is 0. The van der Waals surface area contributed by atoms with Gasteiger partial charge in [-0.1, -0.05) is 13.8 Å². The van der Waals surface area contributed by atoms with Crippen molar-refractivity contribution in [2.45, 2.75) is 32.7 Å². The van der Waals surface area contributed by atoms with Gasteiger partial charge in [-0.3, -0.25) is 14.6 Å². The third-order valence-corrected chi connectivity index (χ3v) is 2.66. The third-order valence-electron chi connectivity index (χ3n) is 2.66. The number of hydrogen-bond acceptors (Lipinski definition) is 3. The van der Waals surface area contributed by atoms with Crippen molar-refractivity contribution in [2.24, 2.45) is 5.92 Å². The van der Waals surface area contributed by atoms with Gasteiger partial charge in [0.05, 0.1) is 12.8 Å². The molecule has 1 heterocycles. The molecule has 0 bridgehead atoms. The van der Waals surface area contributed by atoms with Crippen LogP contribution in [-0.2, 0) is 16.0 Å². The molecule has 1 amide bonds. The molecule has 5 nitrogen and oxygen atoms in total. The molecular formula is C13H18N2O3. The highest BCUT2D eigenvalue weighted by Gasteiger charge is 2.19. The number of rotatable bonds is 6. The normalized spacial score (nSPS) is 12.2. The lowest BCUT2D eigenvalue weighted by Gasteiger charge is -2.20. The summed E-state index contributed by atoms with van der Waals surface area (Å²) in [5, 5.41) is 11.5. The molecule has 0 radical (unpaired) electrons. The smallest absolute Gasteiger partial charge is 0.305 e. The van der Waals surface area contributed by atoms with Gasteiger partial charge in [0, 0.05) is 18.4 Å². The molecule has 0 aromatic carbocycles. The van der Waals surface area contributed by atoms with E-state index >= 15 is 0 Å². The number of amides is 1. The van der Waals surface area contributed by atoms with E-state index in [4.69, 9.17) is 5.11 Å². The monoisotopic (exact) mass is 250 g/mol. The molecule has 1 aromatic rings. The van der Waals surface area contributed by atoms with Gasteiger partial charge in [0.25, 0.3) is 0 Å². The minimum atomic E-state index is -0.905. The molecule has 1 unspecified atom stereocenters. The third kappa shape index (κ3) is 4.95. The molecule has 1 atom stereocenters. The van der Waals surface area contributed by atoms with Gasteiger partial charge < -0.3 is 10.4 Å². The maximum atomic E-state index is 11.8. The van der Waals surface area contributed by atoms with Crippen LogP contribution in [0.25, 0.3) is 0 Å². The predicted octanol–water partition coefficient (Wildman–Crippen LogP) is 1.24. The molecule has 1 rings (SSSR count). The second-order valence-electron chi connectivity index (χ2n) is 4.55. The van der Waals surface area contributed by atoms with Crippen LogP contribution >= 0.6 is 0 Å². The van der Waals surface area contributed by atoms with E-state index in [1.54, 1.807) is 24.5 Å². The van der Waals surface area contributed by atoms with Gasteiger partial charge in [-0.05, 0) is 23.6 Å². The number of nitrogens with zero attached hydrogens (tertiary/aromatic N) is 1. The lowest BCUT2D eigenvalue weighted by Crippen LogP contribution is -2.40. The Kier molecular flexibility index (Phi) is 5.30. The van der Waals surface area contributed by atoms with Crippen LogP contribution in [0, 0.1) is 5.92 Å². The van der Waals surface area contributed by atoms with Crippen molar-refractivity contribution >= 4 is 11.9 Å². The van der Waals surface area contributed by atoms with Crippen LogP contribution in [0.3, 0.4) is 0 Å². The highest BCUT2D eigenvalue weighted by atomic mass is 16.4. The van der Waals surface area contributed by atoms with Crippen molar-refractivity contribution in [1.82, 2.24) is 10.3 Å². The van der Waals surface area contributed by atoms with Crippen molar-refractivity contribution in [3.8, 4) is 0 Å². The summed E-state index contributed by atoms with van der Waals surface area (Å²) >= 11 is 0. The number of carbonyl (C=O) groups is 2. The summed E-state index contributed by atoms with van der Waals surface area (Å²) in [5.74, 6) is -0.985. The van der Waals surface area contributed by atoms with Gasteiger partial charge in [-0.25, -0.2) is 0 Å². The fraction of sp³-hybridized carbons (Fsp3) is 0.462. The quantitative estimate of drug-likeness (QED) is 0.796. The Hall–Kier alpha value is -1.91. The number of carbonyl (C=O) groups excluding carboxylic acids is 1. The molecule has 2 N–H and O–H groups in total. The molecule has 0 aliphatic rings. The van der Waals surface area contributed by atoms with E-state index in [0.717, 1.165) is 5.56 Å². The lowest BCUT2D eigenvalue weighted by molar-refractivity contribution is -0.138. The Labute approximate surface area is 106 Å². The zero-order valence-electron chi connectivity index (χ0n) is 10.6. The standard InChI is InChI=1S/C13H18N2O3/c1-9(2)11(8-13(17)18)15-12(16)7-10-3-5-14-6-4-10/h3-6,9,11H,7-8H2,1-2H3,(H,15,16)(H,17,18). The second kappa shape index (κ2) is 6.74. The zero-order valence-corrected chi connectivity index (χ0v) is 10.6. The summed E-state index contributed by atoms with van der Waals surface area (Å²) < 4.78 is 0. The van der Waals surface area contributed by atoms with Gasteiger partial charge in [0.15, 0.2) is 0 Å². The van der Waals surface area contributed by atoms with Crippen molar-refractivity contribution < 1.29 is 14.7 Å². The first-order valence-electron chi connectivity index (χ1n) is 5.89. The number of carboxylic acids is 1. The van der Waals surface area contributed by atoms with Crippen molar-refractivity contribution in [3.05, 3.63) is 30.1 Å². The summed E-state index contributed by atoms with van der Waals surface area (Å²) in [6, 6.07) is 3.19. The molecule has 0 aliphatic heterocycles. The van der Waals surface area contributed by atoms with Gasteiger partial charge >= 0.3 is 5.97 Å². The maximum Gasteiger partial charge on any atom is 0.305 e. The van der Waals surface area contributed by atoms with Crippen LogP contribution < -0.4 is 5.32 Å². The average molecular weight is 250 g/mol. The number of aromatic nitrogens is 1. The molecule has 5 heteroatoms. The highest BCUT2D eigenvalue weighted by molar-refractivity contribution is 5.79. The van der Waals surface area contributed by atoms with Crippen LogP contribution in [-0.4, -0.2) is 28.0 Å². The van der Waals surface area contributed by atoms with Gasteiger partial charge in [0.1, 0.15) is 0 Å². The molecule has 98 valence electrons. The van der Waals surface area contributed by atoms with E-state index in [0.29, 0.717) is 0 Å². The Morgan fingerprint density at radius 2 is 1.94 bits per heavy atom. The van der Waals surface area contributed by atoms with Gasteiger partial charge in [-0.2, -0.15) is 0 Å². The second-order valence-corrected chi connectivity index (χ2v) is 4.55. The molecular weight excluding hydrogens is 232 g/mol. The van der Waals surface area contributed by atoms with Crippen molar-refractivity contribution in [3.63, 3.8) is 0 Å². The molecule has 0 saturated carbocycles. The summed E-state index contributed by atoms with van der Waals surface area (Å²) in [4.78, 5) is 26.4. The topological polar surface area (TPSA) is 79.3 Å². The van der Waals surface area contributed by atoms with E-state index in [-0.39, 0.29) is 30.7 Å². The molecule has 0 aliphatic carbocycles. The van der Waals surface area contributed by atoms with E-state index in [9.17, 15) is 9.59 Å². The first-order chi connectivity index (χ1) is 8.49. The van der Waals surface area contributed by atoms with E-state index in [2.05, 4.69) is 10.3 Å². The lowest BCUT2D eigenvalue weighted by atomic mass is 10.0. The number of nitrogens with one attached hydrogen (secondary N) is 1. The highest BCUT2D eigenvalue weighted by Crippen LogP contribution is 2.07. The number of aliphatic carboxylic acids is 1. The first kappa shape index (κ1) is 14.2. The fourth-order valence-corrected chi connectivity index (χ4v) is 1.59. The van der Waals surface area contributed by atoms with Crippen LogP contribution in [0.2, 0.25) is 0 Å². The molecule has 1 aromatic heterocycles. The van der Waals surface area contributed by atoms with Gasteiger partial charge in [-0.15, -0.1) is 0 Å². The number of carboxylic acid groups (broad SMARTS) is 1. The molecule has 0 saturated heterocycles. The van der Waals surface area contributed by atoms with Crippen molar-refractivity contribution in [1.29, 1.82) is 0 Å². The molecule has 0 spiro atoms. The largest absolute Gasteiger partial charge is 0.481 e. The minimum absolute atomic E-state index is 0.0558. The summed E-state index contributed by atoms with van der Waals surface area (Å²) in [6.45, 7) is 3.78. The summed E-state index contributed by atoms with van der Waals surface area (Å²) in [6.07, 6.45) is 3.44. The fourth-order valence-electron chi connectivity index (χ4n) is 1.59. The van der Waals surface area contributed by atoms with Crippen LogP contribution in [0.5, 0.6) is 0 Å².